The van der Waals surface area contributed by atoms with Crippen molar-refractivity contribution in [2.75, 3.05) is 6.54 Å². The number of rotatable bonds is 5. The van der Waals surface area contributed by atoms with Crippen molar-refractivity contribution in [2.24, 2.45) is 22.6 Å². The second-order valence-electron chi connectivity index (χ2n) is 5.15. The first-order chi connectivity index (χ1) is 8.65. The smallest absolute Gasteiger partial charge is 0.165 e. The summed E-state index contributed by atoms with van der Waals surface area (Å²) in [4.78, 5) is 14.8. The van der Waals surface area contributed by atoms with Crippen LogP contribution in [0.4, 0.5) is 0 Å². The standard InChI is InChI=1S/C14H23N3O/c1-11-3-2-4-12(6-5-11)9-17-14(8-15)7-13(16)10-18/h7-8,10-12,15H,2-6,9,16H2,1H3/b13-7-,15-8?,17-14?. The molecule has 0 heterocycles. The number of nitrogens with zero attached hydrogens (tertiary/aromatic N) is 1. The van der Waals surface area contributed by atoms with Crippen molar-refractivity contribution in [1.82, 2.24) is 0 Å². The highest BCUT2D eigenvalue weighted by atomic mass is 16.1. The molecule has 4 heteroatoms. The van der Waals surface area contributed by atoms with Gasteiger partial charge in [0.25, 0.3) is 0 Å². The van der Waals surface area contributed by atoms with E-state index >= 15 is 0 Å². The van der Waals surface area contributed by atoms with E-state index in [0.717, 1.165) is 18.7 Å². The van der Waals surface area contributed by atoms with Crippen LogP contribution in [0.2, 0.25) is 0 Å². The lowest BCUT2D eigenvalue weighted by molar-refractivity contribution is -0.104. The van der Waals surface area contributed by atoms with Gasteiger partial charge in [0, 0.05) is 12.8 Å². The van der Waals surface area contributed by atoms with Crippen LogP contribution in [0, 0.1) is 17.2 Å². The van der Waals surface area contributed by atoms with E-state index in [0.29, 0.717) is 17.9 Å². The number of nitrogens with two attached hydrogens (primary N) is 1. The number of aliphatic imine (C=N–C) groups is 1. The third-order valence-corrected chi connectivity index (χ3v) is 3.51. The molecule has 2 atom stereocenters. The molecule has 3 N–H and O–H groups in total. The summed E-state index contributed by atoms with van der Waals surface area (Å²) in [6, 6.07) is 0. The van der Waals surface area contributed by atoms with Gasteiger partial charge < -0.3 is 11.1 Å². The van der Waals surface area contributed by atoms with Gasteiger partial charge in [0.1, 0.15) is 0 Å². The lowest BCUT2D eigenvalue weighted by Crippen LogP contribution is -2.09. The number of hydrogen-bond donors (Lipinski definition) is 2. The Hall–Kier alpha value is -1.45. The van der Waals surface area contributed by atoms with Crippen LogP contribution in [0.15, 0.2) is 16.8 Å². The van der Waals surface area contributed by atoms with Gasteiger partial charge in [0.15, 0.2) is 6.29 Å². The fourth-order valence-electron chi connectivity index (χ4n) is 2.32. The van der Waals surface area contributed by atoms with Gasteiger partial charge >= 0.3 is 0 Å². The molecule has 1 saturated carbocycles. The number of carbonyl (C=O) groups is 1. The summed E-state index contributed by atoms with van der Waals surface area (Å²) in [7, 11) is 0. The van der Waals surface area contributed by atoms with E-state index in [2.05, 4.69) is 11.9 Å². The van der Waals surface area contributed by atoms with Crippen LogP contribution in [0.3, 0.4) is 0 Å². The normalized spacial score (nSPS) is 26.5. The number of nitrogens with one attached hydrogen (secondary N) is 1. The number of hydrogen-bond acceptors (Lipinski definition) is 4. The highest BCUT2D eigenvalue weighted by Crippen LogP contribution is 2.26. The van der Waals surface area contributed by atoms with Crippen molar-refractivity contribution in [2.45, 2.75) is 39.0 Å². The number of aldehydes is 1. The van der Waals surface area contributed by atoms with Crippen LogP contribution < -0.4 is 5.73 Å². The third-order valence-electron chi connectivity index (χ3n) is 3.51. The van der Waals surface area contributed by atoms with E-state index in [1.54, 1.807) is 0 Å². The van der Waals surface area contributed by atoms with E-state index in [-0.39, 0.29) is 5.70 Å². The van der Waals surface area contributed by atoms with E-state index < -0.39 is 0 Å². The van der Waals surface area contributed by atoms with E-state index in [1.807, 2.05) is 0 Å². The maximum Gasteiger partial charge on any atom is 0.165 e. The second kappa shape index (κ2) is 7.80. The van der Waals surface area contributed by atoms with Crippen molar-refractivity contribution in [1.29, 1.82) is 5.41 Å². The molecule has 1 rings (SSSR count). The molecule has 1 aliphatic carbocycles. The molecule has 0 radical (unpaired) electrons. The monoisotopic (exact) mass is 249 g/mol. The molecule has 0 aromatic rings. The zero-order valence-electron chi connectivity index (χ0n) is 11.1. The van der Waals surface area contributed by atoms with Crippen LogP contribution in [0.1, 0.15) is 39.0 Å². The molecule has 0 aromatic carbocycles. The fourth-order valence-corrected chi connectivity index (χ4v) is 2.32. The Bertz CT molecular complexity index is 347. The lowest BCUT2D eigenvalue weighted by Gasteiger charge is -2.11. The topological polar surface area (TPSA) is 79.3 Å². The van der Waals surface area contributed by atoms with Gasteiger partial charge in [-0.3, -0.25) is 9.79 Å². The summed E-state index contributed by atoms with van der Waals surface area (Å²) in [6.45, 7) is 3.04. The molecule has 4 nitrogen and oxygen atoms in total. The van der Waals surface area contributed by atoms with E-state index in [9.17, 15) is 4.79 Å². The van der Waals surface area contributed by atoms with Gasteiger partial charge in [-0.1, -0.05) is 26.2 Å². The summed E-state index contributed by atoms with van der Waals surface area (Å²) in [5.74, 6) is 1.43. The minimum Gasteiger partial charge on any atom is -0.396 e. The number of carbonyl (C=O) groups excluding carboxylic acids is 1. The molecule has 1 fully saturated rings. The Labute approximate surface area is 109 Å². The number of allylic oxidation sites excluding steroid dienone is 2. The predicted molar refractivity (Wildman–Crippen MR) is 75.2 cm³/mol. The van der Waals surface area contributed by atoms with Gasteiger partial charge in [0.05, 0.1) is 11.4 Å². The van der Waals surface area contributed by atoms with Crippen LogP contribution >= 0.6 is 0 Å². The van der Waals surface area contributed by atoms with Crippen LogP contribution in [0.25, 0.3) is 0 Å². The Balaban J connectivity index is 2.54. The van der Waals surface area contributed by atoms with Crippen LogP contribution in [-0.4, -0.2) is 24.8 Å². The average Bonchev–Trinajstić information content (AvgIpc) is 2.59. The molecule has 0 bridgehead atoms. The van der Waals surface area contributed by atoms with Crippen LogP contribution in [0.5, 0.6) is 0 Å². The van der Waals surface area contributed by atoms with Gasteiger partial charge in [-0.15, -0.1) is 0 Å². The van der Waals surface area contributed by atoms with Crippen molar-refractivity contribution in [3.8, 4) is 0 Å². The molecule has 18 heavy (non-hydrogen) atoms. The molecule has 0 spiro atoms. The van der Waals surface area contributed by atoms with Crippen molar-refractivity contribution < 1.29 is 4.79 Å². The van der Waals surface area contributed by atoms with Gasteiger partial charge in [-0.05, 0) is 30.8 Å². The zero-order chi connectivity index (χ0) is 13.4. The molecule has 0 amide bonds. The van der Waals surface area contributed by atoms with Gasteiger partial charge in [0.2, 0.25) is 0 Å². The predicted octanol–water partition coefficient (Wildman–Crippen LogP) is 2.33. The van der Waals surface area contributed by atoms with Gasteiger partial charge in [-0.2, -0.15) is 0 Å². The molecular formula is C14H23N3O. The van der Waals surface area contributed by atoms with Gasteiger partial charge in [-0.25, -0.2) is 0 Å². The summed E-state index contributed by atoms with van der Waals surface area (Å²) >= 11 is 0. The molecule has 2 unspecified atom stereocenters. The minimum atomic E-state index is 0.117. The highest BCUT2D eigenvalue weighted by Gasteiger charge is 2.15. The van der Waals surface area contributed by atoms with E-state index in [1.165, 1.54) is 38.2 Å². The Morgan fingerprint density at radius 2 is 2.17 bits per heavy atom. The van der Waals surface area contributed by atoms with Crippen LogP contribution in [-0.2, 0) is 4.79 Å². The quantitative estimate of drug-likeness (QED) is 0.339. The molecule has 0 saturated heterocycles. The first-order valence-corrected chi connectivity index (χ1v) is 6.63. The summed E-state index contributed by atoms with van der Waals surface area (Å²) in [5.41, 5.74) is 6.01. The fraction of sp³-hybridized carbons (Fsp3) is 0.643. The second-order valence-corrected chi connectivity index (χ2v) is 5.15. The SMILES string of the molecule is CC1CCCC(CN=C(C=N)/C=C(\N)C=O)CC1. The summed E-state index contributed by atoms with van der Waals surface area (Å²) in [5, 5.41) is 7.25. The first-order valence-electron chi connectivity index (χ1n) is 6.63. The largest absolute Gasteiger partial charge is 0.396 e. The van der Waals surface area contributed by atoms with Crippen molar-refractivity contribution in [3.05, 3.63) is 11.8 Å². The molecule has 1 aliphatic rings. The molecular weight excluding hydrogens is 226 g/mol. The van der Waals surface area contributed by atoms with E-state index in [4.69, 9.17) is 11.1 Å². The highest BCUT2D eigenvalue weighted by molar-refractivity contribution is 6.35. The molecule has 0 aromatic heterocycles. The molecule has 100 valence electrons. The Kier molecular flexibility index (Phi) is 6.33. The zero-order valence-corrected chi connectivity index (χ0v) is 11.1. The molecule has 0 aliphatic heterocycles. The maximum absolute atomic E-state index is 10.4. The summed E-state index contributed by atoms with van der Waals surface area (Å²) in [6.07, 6.45) is 9.46. The summed E-state index contributed by atoms with van der Waals surface area (Å²) < 4.78 is 0. The lowest BCUT2D eigenvalue weighted by atomic mass is 9.99. The first kappa shape index (κ1) is 14.6. The van der Waals surface area contributed by atoms with Crippen molar-refractivity contribution in [3.63, 3.8) is 0 Å². The maximum atomic E-state index is 10.4. The average molecular weight is 249 g/mol. The Morgan fingerprint density at radius 1 is 1.39 bits per heavy atom. The van der Waals surface area contributed by atoms with Crippen molar-refractivity contribution >= 4 is 18.2 Å². The minimum absolute atomic E-state index is 0.117. The third kappa shape index (κ3) is 5.25. The Morgan fingerprint density at radius 3 is 2.83 bits per heavy atom.